The number of hydrogen-bond acceptors (Lipinski definition) is 6. The summed E-state index contributed by atoms with van der Waals surface area (Å²) in [6.45, 7) is 0.335. The van der Waals surface area contributed by atoms with Gasteiger partial charge in [-0.15, -0.1) is 11.3 Å². The number of hydrazone groups is 1. The summed E-state index contributed by atoms with van der Waals surface area (Å²) in [5, 5.41) is 6.83. The number of para-hydroxylation sites is 1. The van der Waals surface area contributed by atoms with E-state index in [0.29, 0.717) is 28.2 Å². The van der Waals surface area contributed by atoms with Crippen LogP contribution in [0.15, 0.2) is 59.0 Å². The number of nitrogens with two attached hydrogens (primary N) is 1. The Labute approximate surface area is 165 Å². The van der Waals surface area contributed by atoms with Crippen LogP contribution in [0.3, 0.4) is 0 Å². The number of anilines is 1. The number of carbonyl (C=O) groups excluding carboxylic acids is 1. The third-order valence-corrected chi connectivity index (χ3v) is 4.66. The van der Waals surface area contributed by atoms with Gasteiger partial charge in [-0.25, -0.2) is 10.4 Å². The van der Waals surface area contributed by atoms with Gasteiger partial charge in [-0.05, 0) is 18.2 Å². The van der Waals surface area contributed by atoms with Crippen molar-refractivity contribution >= 4 is 40.2 Å². The van der Waals surface area contributed by atoms with Gasteiger partial charge in [0.15, 0.2) is 5.13 Å². The van der Waals surface area contributed by atoms with Gasteiger partial charge in [-0.3, -0.25) is 4.79 Å². The summed E-state index contributed by atoms with van der Waals surface area (Å²) < 4.78 is 5.85. The molecule has 0 spiro atoms. The number of nitrogen functional groups attached to an aromatic ring is 1. The zero-order valence-electron chi connectivity index (χ0n) is 14.3. The minimum atomic E-state index is -0.272. The normalized spacial score (nSPS) is 10.9. The molecule has 3 N–H and O–H groups in total. The van der Waals surface area contributed by atoms with Crippen LogP contribution in [0.5, 0.6) is 5.75 Å². The second-order valence-corrected chi connectivity index (χ2v) is 6.86. The molecule has 0 atom stereocenters. The van der Waals surface area contributed by atoms with Crippen LogP contribution in [0.4, 0.5) is 5.13 Å². The van der Waals surface area contributed by atoms with Gasteiger partial charge < -0.3 is 10.5 Å². The molecule has 0 aliphatic rings. The summed E-state index contributed by atoms with van der Waals surface area (Å²) >= 11 is 7.45. The van der Waals surface area contributed by atoms with Gasteiger partial charge in [0.2, 0.25) is 5.91 Å². The van der Waals surface area contributed by atoms with E-state index in [1.807, 2.05) is 48.5 Å². The van der Waals surface area contributed by atoms with Crippen LogP contribution >= 0.6 is 22.9 Å². The number of benzene rings is 2. The van der Waals surface area contributed by atoms with E-state index in [1.165, 1.54) is 17.6 Å². The first-order valence-electron chi connectivity index (χ1n) is 8.09. The Morgan fingerprint density at radius 2 is 2.04 bits per heavy atom. The molecule has 0 saturated carbocycles. The number of thiazole rings is 1. The highest BCUT2D eigenvalue weighted by Crippen LogP contribution is 2.21. The standard InChI is InChI=1S/C19H17ClN4O2S/c20-16-7-3-1-6-14(16)11-26-17-8-4-2-5-13(17)10-22-24-18(25)9-15-12-27-19(21)23-15/h1-8,10,12H,9,11H2,(H2,21,23)(H,24,25)/b22-10+. The smallest absolute Gasteiger partial charge is 0.246 e. The van der Waals surface area contributed by atoms with Gasteiger partial charge in [-0.2, -0.15) is 5.10 Å². The maximum atomic E-state index is 11.9. The largest absolute Gasteiger partial charge is 0.488 e. The zero-order chi connectivity index (χ0) is 19.1. The number of halogens is 1. The first-order chi connectivity index (χ1) is 13.1. The molecule has 1 amide bonds. The molecule has 138 valence electrons. The molecule has 1 heterocycles. The van der Waals surface area contributed by atoms with E-state index >= 15 is 0 Å². The van der Waals surface area contributed by atoms with Gasteiger partial charge >= 0.3 is 0 Å². The van der Waals surface area contributed by atoms with Crippen LogP contribution in [-0.4, -0.2) is 17.1 Å². The fourth-order valence-corrected chi connectivity index (χ4v) is 3.02. The van der Waals surface area contributed by atoms with Crippen molar-refractivity contribution < 1.29 is 9.53 Å². The SMILES string of the molecule is Nc1nc(CC(=O)N/N=C/c2ccccc2OCc2ccccc2Cl)cs1. The molecular weight excluding hydrogens is 384 g/mol. The van der Waals surface area contributed by atoms with Crippen LogP contribution in [0, 0.1) is 0 Å². The fourth-order valence-electron chi connectivity index (χ4n) is 2.27. The quantitative estimate of drug-likeness (QED) is 0.468. The summed E-state index contributed by atoms with van der Waals surface area (Å²) in [6, 6.07) is 14.9. The van der Waals surface area contributed by atoms with Gasteiger partial charge in [0, 0.05) is 21.5 Å². The van der Waals surface area contributed by atoms with Gasteiger partial charge in [0.05, 0.1) is 18.3 Å². The van der Waals surface area contributed by atoms with Crippen LogP contribution in [0.2, 0.25) is 5.02 Å². The third-order valence-electron chi connectivity index (χ3n) is 3.56. The van der Waals surface area contributed by atoms with Crippen molar-refractivity contribution in [3.8, 4) is 5.75 Å². The number of ether oxygens (including phenoxy) is 1. The Balaban J connectivity index is 1.59. The lowest BCUT2D eigenvalue weighted by Gasteiger charge is -2.10. The van der Waals surface area contributed by atoms with E-state index in [-0.39, 0.29) is 12.3 Å². The summed E-state index contributed by atoms with van der Waals surface area (Å²) in [5.74, 6) is 0.369. The van der Waals surface area contributed by atoms with Crippen molar-refractivity contribution in [3.05, 3.63) is 75.8 Å². The predicted octanol–water partition coefficient (Wildman–Crippen LogP) is 3.65. The predicted molar refractivity (Wildman–Crippen MR) is 108 cm³/mol. The van der Waals surface area contributed by atoms with Crippen molar-refractivity contribution in [1.29, 1.82) is 0 Å². The van der Waals surface area contributed by atoms with E-state index in [9.17, 15) is 4.79 Å². The Bertz CT molecular complexity index is 958. The van der Waals surface area contributed by atoms with Crippen LogP contribution in [-0.2, 0) is 17.8 Å². The molecule has 0 unspecified atom stereocenters. The summed E-state index contributed by atoms with van der Waals surface area (Å²) in [6.07, 6.45) is 1.66. The van der Waals surface area contributed by atoms with Crippen molar-refractivity contribution in [2.45, 2.75) is 13.0 Å². The summed E-state index contributed by atoms with van der Waals surface area (Å²) in [5.41, 5.74) is 10.3. The highest BCUT2D eigenvalue weighted by molar-refractivity contribution is 7.13. The van der Waals surface area contributed by atoms with E-state index in [4.69, 9.17) is 22.1 Å². The maximum Gasteiger partial charge on any atom is 0.246 e. The van der Waals surface area contributed by atoms with Crippen LogP contribution < -0.4 is 15.9 Å². The van der Waals surface area contributed by atoms with Crippen LogP contribution in [0.1, 0.15) is 16.8 Å². The molecule has 3 rings (SSSR count). The molecule has 0 bridgehead atoms. The molecule has 3 aromatic rings. The van der Waals surface area contributed by atoms with E-state index < -0.39 is 0 Å². The molecule has 6 nitrogen and oxygen atoms in total. The van der Waals surface area contributed by atoms with Gasteiger partial charge in [-0.1, -0.05) is 41.9 Å². The number of carbonyl (C=O) groups is 1. The van der Waals surface area contributed by atoms with Crippen molar-refractivity contribution in [2.75, 3.05) is 5.73 Å². The van der Waals surface area contributed by atoms with Crippen molar-refractivity contribution in [1.82, 2.24) is 10.4 Å². The Morgan fingerprint density at radius 3 is 2.81 bits per heavy atom. The average molecular weight is 401 g/mol. The Hall–Kier alpha value is -2.90. The van der Waals surface area contributed by atoms with E-state index in [2.05, 4.69) is 15.5 Å². The van der Waals surface area contributed by atoms with Crippen LogP contribution in [0.25, 0.3) is 0 Å². The fraction of sp³-hybridized carbons (Fsp3) is 0.105. The lowest BCUT2D eigenvalue weighted by molar-refractivity contribution is -0.120. The summed E-state index contributed by atoms with van der Waals surface area (Å²) in [4.78, 5) is 15.9. The highest BCUT2D eigenvalue weighted by Gasteiger charge is 2.06. The molecule has 27 heavy (non-hydrogen) atoms. The molecule has 8 heteroatoms. The molecular formula is C19H17ClN4O2S. The third kappa shape index (κ3) is 5.54. The minimum absolute atomic E-state index is 0.121. The number of hydrogen-bond donors (Lipinski definition) is 2. The van der Waals surface area contributed by atoms with Gasteiger partial charge in [0.1, 0.15) is 12.4 Å². The zero-order valence-corrected chi connectivity index (χ0v) is 15.8. The Morgan fingerprint density at radius 1 is 1.26 bits per heavy atom. The van der Waals surface area contributed by atoms with Crippen molar-refractivity contribution in [2.24, 2.45) is 5.10 Å². The molecule has 0 fully saturated rings. The van der Waals surface area contributed by atoms with Gasteiger partial charge in [0.25, 0.3) is 0 Å². The number of amides is 1. The second kappa shape index (κ2) is 9.16. The molecule has 1 aromatic heterocycles. The number of aromatic nitrogens is 1. The average Bonchev–Trinajstić information content (AvgIpc) is 3.06. The highest BCUT2D eigenvalue weighted by atomic mass is 35.5. The maximum absolute atomic E-state index is 11.9. The second-order valence-electron chi connectivity index (χ2n) is 5.56. The lowest BCUT2D eigenvalue weighted by atomic mass is 10.2. The first-order valence-corrected chi connectivity index (χ1v) is 9.34. The lowest BCUT2D eigenvalue weighted by Crippen LogP contribution is -2.20. The molecule has 0 aliphatic carbocycles. The molecule has 0 radical (unpaired) electrons. The van der Waals surface area contributed by atoms with Crippen molar-refractivity contribution in [3.63, 3.8) is 0 Å². The van der Waals surface area contributed by atoms with E-state index in [0.717, 1.165) is 11.1 Å². The molecule has 2 aromatic carbocycles. The van der Waals surface area contributed by atoms with E-state index in [1.54, 1.807) is 5.38 Å². The number of nitrogens with one attached hydrogen (secondary N) is 1. The Kier molecular flexibility index (Phi) is 6.40. The monoisotopic (exact) mass is 400 g/mol. The number of nitrogens with zero attached hydrogens (tertiary/aromatic N) is 2. The summed E-state index contributed by atoms with van der Waals surface area (Å²) in [7, 11) is 0. The molecule has 0 aliphatic heterocycles. The minimum Gasteiger partial charge on any atom is -0.488 e. The topological polar surface area (TPSA) is 89.6 Å². The molecule has 0 saturated heterocycles. The number of rotatable bonds is 7. The first kappa shape index (κ1) is 18.9.